The smallest absolute Gasteiger partial charge is 0.0173 e. The first-order valence-corrected chi connectivity index (χ1v) is 6.39. The molecule has 1 unspecified atom stereocenters. The molecule has 0 saturated heterocycles. The summed E-state index contributed by atoms with van der Waals surface area (Å²) in [6, 6.07) is 0. The van der Waals surface area contributed by atoms with Crippen molar-refractivity contribution in [3.63, 3.8) is 0 Å². The first-order valence-electron chi connectivity index (χ1n) is 6.39. The normalized spacial score (nSPS) is 14.4. The Morgan fingerprint density at radius 1 is 1.00 bits per heavy atom. The molecule has 0 aromatic carbocycles. The molecule has 0 fully saturated rings. The van der Waals surface area contributed by atoms with Crippen molar-refractivity contribution in [2.45, 2.75) is 72.3 Å². The van der Waals surface area contributed by atoms with Crippen LogP contribution in [-0.4, -0.2) is 12.1 Å². The van der Waals surface area contributed by atoms with Gasteiger partial charge in [-0.25, -0.2) is 0 Å². The lowest BCUT2D eigenvalue weighted by Gasteiger charge is -2.33. The van der Waals surface area contributed by atoms with Crippen LogP contribution in [0.25, 0.3) is 0 Å². The molecule has 0 saturated carbocycles. The Balaban J connectivity index is 3.92. The van der Waals surface area contributed by atoms with E-state index >= 15 is 0 Å². The topological polar surface area (TPSA) is 12.0 Å². The maximum Gasteiger partial charge on any atom is 0.0173 e. The molecule has 0 aliphatic heterocycles. The summed E-state index contributed by atoms with van der Waals surface area (Å²) in [5.74, 6) is 0.823. The summed E-state index contributed by atoms with van der Waals surface area (Å²) >= 11 is 0. The second kappa shape index (κ2) is 7.28. The lowest BCUT2D eigenvalue weighted by atomic mass is 9.89. The summed E-state index contributed by atoms with van der Waals surface area (Å²) in [4.78, 5) is 0. The van der Waals surface area contributed by atoms with Crippen LogP contribution in [0, 0.1) is 5.92 Å². The Labute approximate surface area is 90.7 Å². The average molecular weight is 199 g/mol. The zero-order valence-corrected chi connectivity index (χ0v) is 10.8. The van der Waals surface area contributed by atoms with Crippen molar-refractivity contribution in [2.75, 3.05) is 6.54 Å². The molecule has 0 aromatic heterocycles. The Morgan fingerprint density at radius 3 is 1.86 bits per heavy atom. The number of hydrogen-bond donors (Lipinski definition) is 1. The van der Waals surface area contributed by atoms with Crippen molar-refractivity contribution in [2.24, 2.45) is 5.92 Å². The molecule has 0 heterocycles. The van der Waals surface area contributed by atoms with Crippen molar-refractivity contribution in [1.82, 2.24) is 5.32 Å². The van der Waals surface area contributed by atoms with Gasteiger partial charge in [-0.2, -0.15) is 0 Å². The summed E-state index contributed by atoms with van der Waals surface area (Å²) in [6.45, 7) is 12.7. The zero-order valence-electron chi connectivity index (χ0n) is 10.8. The van der Waals surface area contributed by atoms with Crippen LogP contribution in [0.4, 0.5) is 0 Å². The fraction of sp³-hybridized carbons (Fsp3) is 1.00. The molecule has 1 heteroatoms. The van der Waals surface area contributed by atoms with Gasteiger partial charge in [-0.1, -0.05) is 41.0 Å². The Kier molecular flexibility index (Phi) is 7.26. The minimum atomic E-state index is 0.405. The van der Waals surface area contributed by atoms with E-state index < -0.39 is 0 Å². The number of hydrogen-bond acceptors (Lipinski definition) is 1. The van der Waals surface area contributed by atoms with E-state index in [-0.39, 0.29) is 0 Å². The highest BCUT2D eigenvalue weighted by Crippen LogP contribution is 2.19. The standard InChI is InChI=1S/C13H29N/c1-6-10-12(5)11-14-13(7-2,8-3)9-4/h12,14H,6-11H2,1-5H3. The third-order valence-corrected chi connectivity index (χ3v) is 3.64. The van der Waals surface area contributed by atoms with Crippen LogP contribution in [0.3, 0.4) is 0 Å². The van der Waals surface area contributed by atoms with Crippen LogP contribution in [0.15, 0.2) is 0 Å². The van der Waals surface area contributed by atoms with E-state index in [9.17, 15) is 0 Å². The van der Waals surface area contributed by atoms with Crippen LogP contribution in [0.1, 0.15) is 66.7 Å². The third kappa shape index (κ3) is 4.45. The second-order valence-electron chi connectivity index (χ2n) is 4.62. The van der Waals surface area contributed by atoms with Gasteiger partial charge in [-0.15, -0.1) is 0 Å². The maximum atomic E-state index is 3.77. The molecule has 86 valence electrons. The van der Waals surface area contributed by atoms with Gasteiger partial charge in [0.05, 0.1) is 0 Å². The van der Waals surface area contributed by atoms with Crippen LogP contribution >= 0.6 is 0 Å². The van der Waals surface area contributed by atoms with Gasteiger partial charge in [-0.3, -0.25) is 0 Å². The highest BCUT2D eigenvalue weighted by molar-refractivity contribution is 4.84. The van der Waals surface area contributed by atoms with Crippen LogP contribution in [0.5, 0.6) is 0 Å². The van der Waals surface area contributed by atoms with Crippen molar-refractivity contribution in [1.29, 1.82) is 0 Å². The number of rotatable bonds is 8. The van der Waals surface area contributed by atoms with Crippen molar-refractivity contribution < 1.29 is 0 Å². The largest absolute Gasteiger partial charge is 0.311 e. The van der Waals surface area contributed by atoms with Gasteiger partial charge in [0, 0.05) is 5.54 Å². The van der Waals surface area contributed by atoms with E-state index in [4.69, 9.17) is 0 Å². The molecular formula is C13H29N. The summed E-state index contributed by atoms with van der Waals surface area (Å²) < 4.78 is 0. The predicted molar refractivity (Wildman–Crippen MR) is 65.7 cm³/mol. The first-order chi connectivity index (χ1) is 6.64. The van der Waals surface area contributed by atoms with Gasteiger partial charge in [0.15, 0.2) is 0 Å². The minimum Gasteiger partial charge on any atom is -0.311 e. The van der Waals surface area contributed by atoms with Gasteiger partial charge in [-0.05, 0) is 38.1 Å². The molecule has 1 nitrogen and oxygen atoms in total. The van der Waals surface area contributed by atoms with Crippen LogP contribution in [-0.2, 0) is 0 Å². The number of nitrogens with one attached hydrogen (secondary N) is 1. The van der Waals surface area contributed by atoms with Gasteiger partial charge in [0.25, 0.3) is 0 Å². The monoisotopic (exact) mass is 199 g/mol. The van der Waals surface area contributed by atoms with Crippen molar-refractivity contribution >= 4 is 0 Å². The second-order valence-corrected chi connectivity index (χ2v) is 4.62. The van der Waals surface area contributed by atoms with E-state index in [1.807, 2.05) is 0 Å². The van der Waals surface area contributed by atoms with E-state index in [0.717, 1.165) is 5.92 Å². The fourth-order valence-electron chi connectivity index (χ4n) is 2.11. The average Bonchev–Trinajstić information content (AvgIpc) is 2.21. The Bertz CT molecular complexity index is 119. The molecule has 1 N–H and O–H groups in total. The van der Waals surface area contributed by atoms with Gasteiger partial charge < -0.3 is 5.32 Å². The summed E-state index contributed by atoms with van der Waals surface area (Å²) in [6.07, 6.45) is 6.40. The molecule has 0 bridgehead atoms. The van der Waals surface area contributed by atoms with Gasteiger partial charge in [0.2, 0.25) is 0 Å². The lowest BCUT2D eigenvalue weighted by Crippen LogP contribution is -2.45. The Hall–Kier alpha value is -0.0400. The van der Waals surface area contributed by atoms with E-state index in [0.29, 0.717) is 5.54 Å². The molecule has 0 aliphatic carbocycles. The Morgan fingerprint density at radius 2 is 1.50 bits per heavy atom. The lowest BCUT2D eigenvalue weighted by molar-refractivity contribution is 0.270. The molecule has 0 radical (unpaired) electrons. The van der Waals surface area contributed by atoms with Gasteiger partial charge in [0.1, 0.15) is 0 Å². The molecule has 0 aromatic rings. The van der Waals surface area contributed by atoms with E-state index in [1.54, 1.807) is 0 Å². The summed E-state index contributed by atoms with van der Waals surface area (Å²) in [7, 11) is 0. The SMILES string of the molecule is CCCC(C)CNC(CC)(CC)CC. The highest BCUT2D eigenvalue weighted by Gasteiger charge is 2.22. The molecular weight excluding hydrogens is 170 g/mol. The summed E-state index contributed by atoms with van der Waals surface area (Å²) in [5, 5.41) is 3.77. The molecule has 0 aliphatic rings. The minimum absolute atomic E-state index is 0.405. The van der Waals surface area contributed by atoms with E-state index in [1.165, 1.54) is 38.6 Å². The highest BCUT2D eigenvalue weighted by atomic mass is 15.0. The predicted octanol–water partition coefficient (Wildman–Crippen LogP) is 3.98. The third-order valence-electron chi connectivity index (χ3n) is 3.64. The molecule has 0 amide bonds. The first kappa shape index (κ1) is 14.0. The molecule has 14 heavy (non-hydrogen) atoms. The van der Waals surface area contributed by atoms with Crippen LogP contribution < -0.4 is 5.32 Å². The van der Waals surface area contributed by atoms with E-state index in [2.05, 4.69) is 39.9 Å². The fourth-order valence-corrected chi connectivity index (χ4v) is 2.11. The van der Waals surface area contributed by atoms with Crippen molar-refractivity contribution in [3.05, 3.63) is 0 Å². The van der Waals surface area contributed by atoms with Gasteiger partial charge >= 0.3 is 0 Å². The molecule has 0 spiro atoms. The molecule has 1 atom stereocenters. The molecule has 0 rings (SSSR count). The maximum absolute atomic E-state index is 3.77. The zero-order chi connectivity index (χ0) is 11.0. The van der Waals surface area contributed by atoms with Crippen molar-refractivity contribution in [3.8, 4) is 0 Å². The van der Waals surface area contributed by atoms with Crippen LogP contribution in [0.2, 0.25) is 0 Å². The summed E-state index contributed by atoms with van der Waals surface area (Å²) in [5.41, 5.74) is 0.405. The quantitative estimate of drug-likeness (QED) is 0.623.